The third-order valence-corrected chi connectivity index (χ3v) is 6.60. The molecule has 3 heterocycles. The first-order valence-corrected chi connectivity index (χ1v) is 11.1. The van der Waals surface area contributed by atoms with Gasteiger partial charge >= 0.3 is 0 Å². The van der Waals surface area contributed by atoms with Gasteiger partial charge in [0.1, 0.15) is 5.82 Å². The van der Waals surface area contributed by atoms with Crippen LogP contribution in [-0.2, 0) is 12.1 Å². The number of benzene rings is 1. The summed E-state index contributed by atoms with van der Waals surface area (Å²) in [6.07, 6.45) is 10.5. The molecule has 1 aliphatic carbocycles. The standard InChI is InChI=1S/C24H29N5O/c30-24(8-2-1-3-9-24)20-5-7-23(27-17-20)29-14-12-28(13-15-29)18-19-4-6-21-22(16-19)26-11-10-25-21/h4-7,10-11,16-17,30H,1-3,8-9,12-15,18H2. The zero-order chi connectivity index (χ0) is 20.4. The molecule has 0 amide bonds. The molecule has 30 heavy (non-hydrogen) atoms. The van der Waals surface area contributed by atoms with Gasteiger partial charge < -0.3 is 10.0 Å². The highest BCUT2D eigenvalue weighted by molar-refractivity contribution is 5.74. The zero-order valence-corrected chi connectivity index (χ0v) is 17.4. The van der Waals surface area contributed by atoms with Crippen molar-refractivity contribution in [2.24, 2.45) is 0 Å². The molecule has 2 fully saturated rings. The summed E-state index contributed by atoms with van der Waals surface area (Å²) in [5, 5.41) is 10.9. The lowest BCUT2D eigenvalue weighted by molar-refractivity contribution is -0.000910. The molecule has 1 saturated carbocycles. The predicted molar refractivity (Wildman–Crippen MR) is 118 cm³/mol. The summed E-state index contributed by atoms with van der Waals surface area (Å²) in [6.45, 7) is 4.87. The molecule has 156 valence electrons. The number of aliphatic hydroxyl groups is 1. The van der Waals surface area contributed by atoms with Crippen LogP contribution in [0.15, 0.2) is 48.9 Å². The molecule has 2 aliphatic rings. The fraction of sp³-hybridized carbons (Fsp3) is 0.458. The van der Waals surface area contributed by atoms with Gasteiger partial charge in [-0.05, 0) is 36.6 Å². The monoisotopic (exact) mass is 403 g/mol. The molecule has 6 nitrogen and oxygen atoms in total. The highest BCUT2D eigenvalue weighted by atomic mass is 16.3. The summed E-state index contributed by atoms with van der Waals surface area (Å²) in [5.74, 6) is 1.01. The Labute approximate surface area is 177 Å². The van der Waals surface area contributed by atoms with Gasteiger partial charge in [0.05, 0.1) is 16.6 Å². The maximum Gasteiger partial charge on any atom is 0.128 e. The Morgan fingerprint density at radius 3 is 2.33 bits per heavy atom. The second-order valence-corrected chi connectivity index (χ2v) is 8.64. The second kappa shape index (κ2) is 8.28. The number of hydrogen-bond donors (Lipinski definition) is 1. The minimum atomic E-state index is -0.674. The summed E-state index contributed by atoms with van der Waals surface area (Å²) in [4.78, 5) is 18.3. The van der Waals surface area contributed by atoms with Crippen LogP contribution in [0.25, 0.3) is 11.0 Å². The summed E-state index contributed by atoms with van der Waals surface area (Å²) in [7, 11) is 0. The van der Waals surface area contributed by atoms with E-state index in [1.807, 2.05) is 6.20 Å². The number of hydrogen-bond acceptors (Lipinski definition) is 6. The smallest absolute Gasteiger partial charge is 0.128 e. The van der Waals surface area contributed by atoms with Crippen molar-refractivity contribution in [3.05, 3.63) is 60.0 Å². The van der Waals surface area contributed by atoms with E-state index in [4.69, 9.17) is 4.98 Å². The van der Waals surface area contributed by atoms with E-state index in [1.165, 1.54) is 12.0 Å². The van der Waals surface area contributed by atoms with Crippen LogP contribution < -0.4 is 4.90 Å². The highest BCUT2D eigenvalue weighted by Crippen LogP contribution is 2.37. The molecule has 1 aliphatic heterocycles. The van der Waals surface area contributed by atoms with Gasteiger partial charge in [-0.2, -0.15) is 0 Å². The van der Waals surface area contributed by atoms with Crippen LogP contribution in [0.3, 0.4) is 0 Å². The van der Waals surface area contributed by atoms with E-state index >= 15 is 0 Å². The number of nitrogens with zero attached hydrogens (tertiary/aromatic N) is 5. The molecule has 0 atom stereocenters. The molecule has 0 unspecified atom stereocenters. The molecule has 5 rings (SSSR count). The number of anilines is 1. The summed E-state index contributed by atoms with van der Waals surface area (Å²) >= 11 is 0. The van der Waals surface area contributed by atoms with Crippen molar-refractivity contribution in [2.75, 3.05) is 31.1 Å². The first-order valence-electron chi connectivity index (χ1n) is 11.1. The molecular weight excluding hydrogens is 374 g/mol. The van der Waals surface area contributed by atoms with E-state index in [9.17, 15) is 5.11 Å². The van der Waals surface area contributed by atoms with Gasteiger partial charge in [0, 0.05) is 56.9 Å². The zero-order valence-electron chi connectivity index (χ0n) is 17.4. The van der Waals surface area contributed by atoms with Crippen molar-refractivity contribution in [1.82, 2.24) is 19.9 Å². The molecule has 6 heteroatoms. The predicted octanol–water partition coefficient (Wildman–Crippen LogP) is 3.50. The normalized spacial score (nSPS) is 19.8. The average molecular weight is 404 g/mol. The van der Waals surface area contributed by atoms with Crippen LogP contribution in [0.4, 0.5) is 5.82 Å². The van der Waals surface area contributed by atoms with E-state index < -0.39 is 5.60 Å². The second-order valence-electron chi connectivity index (χ2n) is 8.64. The van der Waals surface area contributed by atoms with Crippen LogP contribution in [0.1, 0.15) is 43.2 Å². The molecule has 3 aromatic rings. The Balaban J connectivity index is 1.19. The van der Waals surface area contributed by atoms with Crippen molar-refractivity contribution >= 4 is 16.9 Å². The Bertz CT molecular complexity index is 992. The fourth-order valence-electron chi connectivity index (χ4n) is 4.77. The third kappa shape index (κ3) is 4.02. The van der Waals surface area contributed by atoms with Crippen LogP contribution >= 0.6 is 0 Å². The number of piperazine rings is 1. The van der Waals surface area contributed by atoms with Gasteiger partial charge in [0.25, 0.3) is 0 Å². The third-order valence-electron chi connectivity index (χ3n) is 6.60. The van der Waals surface area contributed by atoms with E-state index in [1.54, 1.807) is 12.4 Å². The minimum Gasteiger partial charge on any atom is -0.385 e. The van der Waals surface area contributed by atoms with Gasteiger partial charge in [0.2, 0.25) is 0 Å². The number of fused-ring (bicyclic) bond motifs is 1. The number of aromatic nitrogens is 3. The van der Waals surface area contributed by atoms with Crippen LogP contribution in [-0.4, -0.2) is 51.1 Å². The van der Waals surface area contributed by atoms with Crippen molar-refractivity contribution < 1.29 is 5.11 Å². The van der Waals surface area contributed by atoms with Gasteiger partial charge in [0.15, 0.2) is 0 Å². The van der Waals surface area contributed by atoms with Gasteiger partial charge in [-0.25, -0.2) is 4.98 Å². The average Bonchev–Trinajstić information content (AvgIpc) is 2.80. The van der Waals surface area contributed by atoms with Crippen molar-refractivity contribution in [3.63, 3.8) is 0 Å². The van der Waals surface area contributed by atoms with E-state index in [-0.39, 0.29) is 0 Å². The van der Waals surface area contributed by atoms with Crippen molar-refractivity contribution in [2.45, 2.75) is 44.2 Å². The molecule has 2 aromatic heterocycles. The maximum absolute atomic E-state index is 10.9. The van der Waals surface area contributed by atoms with Gasteiger partial charge in [-0.1, -0.05) is 31.4 Å². The SMILES string of the molecule is OC1(c2ccc(N3CCN(Cc4ccc5nccnc5c4)CC3)nc2)CCCCC1. The van der Waals surface area contributed by atoms with Crippen LogP contribution in [0, 0.1) is 0 Å². The van der Waals surface area contributed by atoms with Gasteiger partial charge in [-0.15, -0.1) is 0 Å². The first-order chi connectivity index (χ1) is 14.7. The maximum atomic E-state index is 10.9. The van der Waals surface area contributed by atoms with E-state index in [2.05, 4.69) is 50.1 Å². The lowest BCUT2D eigenvalue weighted by Gasteiger charge is -2.36. The fourth-order valence-corrected chi connectivity index (χ4v) is 4.77. The largest absolute Gasteiger partial charge is 0.385 e. The quantitative estimate of drug-likeness (QED) is 0.719. The summed E-state index contributed by atoms with van der Waals surface area (Å²) in [5.41, 5.74) is 3.48. The Morgan fingerprint density at radius 1 is 0.833 bits per heavy atom. The molecule has 0 bridgehead atoms. The minimum absolute atomic E-state index is 0.674. The van der Waals surface area contributed by atoms with E-state index in [0.717, 1.165) is 80.8 Å². The van der Waals surface area contributed by atoms with Gasteiger partial charge in [-0.3, -0.25) is 14.9 Å². The Morgan fingerprint density at radius 2 is 1.60 bits per heavy atom. The lowest BCUT2D eigenvalue weighted by Crippen LogP contribution is -2.46. The molecule has 0 spiro atoms. The molecule has 0 radical (unpaired) electrons. The Kier molecular flexibility index (Phi) is 5.35. The van der Waals surface area contributed by atoms with E-state index in [0.29, 0.717) is 0 Å². The van der Waals surface area contributed by atoms with Crippen LogP contribution in [0.5, 0.6) is 0 Å². The highest BCUT2D eigenvalue weighted by Gasteiger charge is 2.31. The topological polar surface area (TPSA) is 65.4 Å². The molecule has 1 aromatic carbocycles. The summed E-state index contributed by atoms with van der Waals surface area (Å²) < 4.78 is 0. The first kappa shape index (κ1) is 19.4. The molecule has 1 N–H and O–H groups in total. The van der Waals surface area contributed by atoms with Crippen molar-refractivity contribution in [1.29, 1.82) is 0 Å². The lowest BCUT2D eigenvalue weighted by atomic mass is 9.80. The number of rotatable bonds is 4. The molecular formula is C24H29N5O. The summed E-state index contributed by atoms with van der Waals surface area (Å²) in [6, 6.07) is 10.5. The molecule has 1 saturated heterocycles. The van der Waals surface area contributed by atoms with Crippen LogP contribution in [0.2, 0.25) is 0 Å². The number of pyridine rings is 1. The van der Waals surface area contributed by atoms with Crippen molar-refractivity contribution in [3.8, 4) is 0 Å². The Hall–Kier alpha value is -2.57.